The Hall–Kier alpha value is -1.88. The van der Waals surface area contributed by atoms with Crippen LogP contribution < -0.4 is 4.90 Å². The molecule has 0 spiro atoms. The highest BCUT2D eigenvalue weighted by Gasteiger charge is 2.51. The molecule has 0 aromatic heterocycles. The van der Waals surface area contributed by atoms with Crippen LogP contribution in [-0.2, 0) is 15.6 Å². The number of nitrogens with zero attached hydrogens (tertiary/aromatic N) is 2. The lowest BCUT2D eigenvalue weighted by molar-refractivity contribution is -0.258. The monoisotopic (exact) mass is 480 g/mol. The van der Waals surface area contributed by atoms with Crippen molar-refractivity contribution in [1.29, 1.82) is 0 Å². The minimum Gasteiger partial charge on any atom is -0.376 e. The van der Waals surface area contributed by atoms with Crippen molar-refractivity contribution in [1.82, 2.24) is 4.31 Å². The van der Waals surface area contributed by atoms with Gasteiger partial charge in [0.25, 0.3) is 0 Å². The van der Waals surface area contributed by atoms with Crippen molar-refractivity contribution >= 4 is 27.3 Å². The third-order valence-corrected chi connectivity index (χ3v) is 7.68. The first-order chi connectivity index (χ1) is 14.2. The van der Waals surface area contributed by atoms with Gasteiger partial charge in [-0.15, -0.1) is 0 Å². The van der Waals surface area contributed by atoms with Crippen molar-refractivity contribution in [3.8, 4) is 0 Å². The van der Waals surface area contributed by atoms with Crippen LogP contribution in [0.3, 0.4) is 0 Å². The second kappa shape index (κ2) is 8.23. The Balaban J connectivity index is 1.86. The summed E-state index contributed by atoms with van der Waals surface area (Å²) in [4.78, 5) is 1.48. The summed E-state index contributed by atoms with van der Waals surface area (Å²) in [5.74, 6) is -0.488. The predicted molar refractivity (Wildman–Crippen MR) is 109 cm³/mol. The number of anilines is 1. The molecule has 0 aliphatic carbocycles. The molecular formula is C20H21ClF4N2O3S. The van der Waals surface area contributed by atoms with Gasteiger partial charge in [0, 0.05) is 25.7 Å². The van der Waals surface area contributed by atoms with Crippen LogP contribution in [0.25, 0.3) is 0 Å². The highest BCUT2D eigenvalue weighted by atomic mass is 35.5. The highest BCUT2D eigenvalue weighted by molar-refractivity contribution is 7.89. The van der Waals surface area contributed by atoms with Crippen molar-refractivity contribution in [2.45, 2.75) is 36.6 Å². The molecule has 0 bridgehead atoms. The van der Waals surface area contributed by atoms with Gasteiger partial charge >= 0.3 is 6.18 Å². The number of sulfonamides is 1. The lowest BCUT2D eigenvalue weighted by Gasteiger charge is -2.40. The van der Waals surface area contributed by atoms with Crippen molar-refractivity contribution in [2.24, 2.45) is 0 Å². The molecule has 0 saturated carbocycles. The van der Waals surface area contributed by atoms with E-state index >= 15 is 0 Å². The summed E-state index contributed by atoms with van der Waals surface area (Å²) in [5, 5.41) is 10.1. The van der Waals surface area contributed by atoms with Crippen molar-refractivity contribution in [3.05, 3.63) is 58.9 Å². The maximum atomic E-state index is 13.3. The Morgan fingerprint density at radius 1 is 1.13 bits per heavy atom. The summed E-state index contributed by atoms with van der Waals surface area (Å²) >= 11 is 6.10. The van der Waals surface area contributed by atoms with Crippen LogP contribution in [0, 0.1) is 5.82 Å². The minimum absolute atomic E-state index is 0.0527. The third-order valence-electron chi connectivity index (χ3n) is 5.37. The number of hydrogen-bond acceptors (Lipinski definition) is 4. The van der Waals surface area contributed by atoms with E-state index in [-0.39, 0.29) is 29.6 Å². The Labute approximate surface area is 182 Å². The van der Waals surface area contributed by atoms with Crippen LogP contribution in [0.2, 0.25) is 5.02 Å². The normalized spacial score (nSPS) is 20.5. The zero-order valence-corrected chi connectivity index (χ0v) is 18.3. The van der Waals surface area contributed by atoms with E-state index in [0.717, 1.165) is 12.1 Å². The van der Waals surface area contributed by atoms with E-state index in [1.165, 1.54) is 34.6 Å². The number of benzene rings is 2. The van der Waals surface area contributed by atoms with Crippen LogP contribution in [0.5, 0.6) is 0 Å². The fourth-order valence-electron chi connectivity index (χ4n) is 3.51. The van der Waals surface area contributed by atoms with Gasteiger partial charge in [0.15, 0.2) is 5.60 Å². The van der Waals surface area contributed by atoms with Crippen molar-refractivity contribution in [2.75, 3.05) is 24.5 Å². The highest BCUT2D eigenvalue weighted by Crippen LogP contribution is 2.39. The van der Waals surface area contributed by atoms with Gasteiger partial charge in [-0.3, -0.25) is 0 Å². The molecule has 2 atom stereocenters. The summed E-state index contributed by atoms with van der Waals surface area (Å²) in [6.07, 6.45) is -4.97. The van der Waals surface area contributed by atoms with Crippen LogP contribution >= 0.6 is 11.6 Å². The molecule has 1 heterocycles. The molecule has 1 saturated heterocycles. The number of piperazine rings is 1. The van der Waals surface area contributed by atoms with E-state index in [2.05, 4.69) is 0 Å². The van der Waals surface area contributed by atoms with Gasteiger partial charge in [0.1, 0.15) is 5.82 Å². The van der Waals surface area contributed by atoms with Gasteiger partial charge in [0.2, 0.25) is 10.0 Å². The summed E-state index contributed by atoms with van der Waals surface area (Å²) < 4.78 is 80.3. The molecule has 11 heteroatoms. The largest absolute Gasteiger partial charge is 0.421 e. The molecule has 1 aliphatic heterocycles. The first-order valence-corrected chi connectivity index (χ1v) is 11.2. The van der Waals surface area contributed by atoms with Gasteiger partial charge in [-0.2, -0.15) is 17.5 Å². The third kappa shape index (κ3) is 4.52. The van der Waals surface area contributed by atoms with Crippen molar-refractivity contribution < 1.29 is 31.1 Å². The Morgan fingerprint density at radius 2 is 1.81 bits per heavy atom. The predicted octanol–water partition coefficient (Wildman–Crippen LogP) is 4.15. The smallest absolute Gasteiger partial charge is 0.376 e. The van der Waals surface area contributed by atoms with Crippen LogP contribution in [0.4, 0.5) is 23.2 Å². The SMILES string of the molecule is C[C@@H]1CN(c2ccc(F)cc2Cl)CCN1S(=O)(=O)c1cccc(C(C)(O)C(F)(F)F)c1. The van der Waals surface area contributed by atoms with E-state index in [1.807, 2.05) is 4.90 Å². The zero-order chi connectivity index (χ0) is 23.2. The lowest BCUT2D eigenvalue weighted by Crippen LogP contribution is -2.54. The molecule has 1 aliphatic rings. The number of alkyl halides is 3. The first-order valence-electron chi connectivity index (χ1n) is 9.36. The number of rotatable bonds is 4. The molecule has 3 rings (SSSR count). The van der Waals surface area contributed by atoms with Gasteiger partial charge in [-0.25, -0.2) is 12.8 Å². The molecule has 170 valence electrons. The van der Waals surface area contributed by atoms with Gasteiger partial charge < -0.3 is 10.0 Å². The average Bonchev–Trinajstić information content (AvgIpc) is 2.67. The molecule has 5 nitrogen and oxygen atoms in total. The molecule has 2 aromatic carbocycles. The summed E-state index contributed by atoms with van der Waals surface area (Å²) in [6.45, 7) is 2.81. The second-order valence-electron chi connectivity index (χ2n) is 7.60. The van der Waals surface area contributed by atoms with E-state index in [4.69, 9.17) is 11.6 Å². The number of hydrogen-bond donors (Lipinski definition) is 1. The molecular weight excluding hydrogens is 460 g/mol. The topological polar surface area (TPSA) is 60.9 Å². The Bertz CT molecular complexity index is 1080. The number of halogens is 5. The molecule has 1 fully saturated rings. The summed E-state index contributed by atoms with van der Waals surface area (Å²) in [7, 11) is -4.13. The van der Waals surface area contributed by atoms with E-state index in [0.29, 0.717) is 12.6 Å². The maximum Gasteiger partial charge on any atom is 0.421 e. The van der Waals surface area contributed by atoms with Crippen LogP contribution in [0.1, 0.15) is 19.4 Å². The molecule has 2 aromatic rings. The van der Waals surface area contributed by atoms with E-state index in [9.17, 15) is 31.1 Å². The lowest BCUT2D eigenvalue weighted by atomic mass is 9.96. The van der Waals surface area contributed by atoms with E-state index in [1.54, 1.807) is 6.92 Å². The fourth-order valence-corrected chi connectivity index (χ4v) is 5.46. The van der Waals surface area contributed by atoms with E-state index < -0.39 is 39.2 Å². The van der Waals surface area contributed by atoms with Crippen LogP contribution in [0.15, 0.2) is 47.4 Å². The molecule has 0 radical (unpaired) electrons. The first kappa shape index (κ1) is 23.8. The standard InChI is InChI=1S/C20H21ClF4N2O3S/c1-13-12-26(18-7-6-15(22)11-17(18)21)8-9-27(13)31(29,30)16-5-3-4-14(10-16)19(2,28)20(23,24)25/h3-7,10-11,13,28H,8-9,12H2,1-2H3/t13-,19?/m1/s1. The Kier molecular flexibility index (Phi) is 6.31. The molecule has 31 heavy (non-hydrogen) atoms. The molecule has 1 unspecified atom stereocenters. The average molecular weight is 481 g/mol. The second-order valence-corrected chi connectivity index (χ2v) is 9.90. The summed E-state index contributed by atoms with van der Waals surface area (Å²) in [5.41, 5.74) is -3.19. The van der Waals surface area contributed by atoms with Gasteiger partial charge in [0.05, 0.1) is 15.6 Å². The van der Waals surface area contributed by atoms with Gasteiger partial charge in [-0.05, 0) is 49.7 Å². The molecule has 0 amide bonds. The Morgan fingerprint density at radius 3 is 2.39 bits per heavy atom. The quantitative estimate of drug-likeness (QED) is 0.668. The van der Waals surface area contributed by atoms with Crippen LogP contribution in [-0.4, -0.2) is 49.7 Å². The minimum atomic E-state index is -4.97. The summed E-state index contributed by atoms with van der Waals surface area (Å²) in [6, 6.07) is 7.64. The zero-order valence-electron chi connectivity index (χ0n) is 16.7. The number of aliphatic hydroxyl groups is 1. The van der Waals surface area contributed by atoms with Crippen molar-refractivity contribution in [3.63, 3.8) is 0 Å². The fraction of sp³-hybridized carbons (Fsp3) is 0.400. The maximum absolute atomic E-state index is 13.3. The van der Waals surface area contributed by atoms with Gasteiger partial charge in [-0.1, -0.05) is 23.7 Å². The molecule has 1 N–H and O–H groups in total.